The van der Waals surface area contributed by atoms with Crippen LogP contribution in [0.5, 0.6) is 0 Å². The first-order valence-electron chi connectivity index (χ1n) is 10.1. The molecule has 0 aliphatic heterocycles. The van der Waals surface area contributed by atoms with Gasteiger partial charge in [-0.25, -0.2) is 4.79 Å². The lowest BCUT2D eigenvalue weighted by Gasteiger charge is -2.29. The molecule has 0 saturated heterocycles. The van der Waals surface area contributed by atoms with Crippen LogP contribution in [0.25, 0.3) is 0 Å². The Morgan fingerprint density at radius 2 is 1.65 bits per heavy atom. The number of carbonyl (C=O) groups is 1. The molecule has 1 fully saturated rings. The zero-order valence-corrected chi connectivity index (χ0v) is 16.1. The Labute approximate surface area is 156 Å². The first-order valence-corrected chi connectivity index (χ1v) is 10.1. The van der Waals surface area contributed by atoms with Crippen LogP contribution in [0, 0.1) is 5.92 Å². The van der Waals surface area contributed by atoms with Gasteiger partial charge in [-0.05, 0) is 55.2 Å². The van der Waals surface area contributed by atoms with Gasteiger partial charge in [0, 0.05) is 6.92 Å². The van der Waals surface area contributed by atoms with Crippen LogP contribution in [-0.4, -0.2) is 12.1 Å². The number of hydrogen-bond donors (Lipinski definition) is 0. The fourth-order valence-electron chi connectivity index (χ4n) is 3.93. The summed E-state index contributed by atoms with van der Waals surface area (Å²) in [7, 11) is 0. The van der Waals surface area contributed by atoms with Crippen LogP contribution in [0.4, 0.5) is 8.78 Å². The Kier molecular flexibility index (Phi) is 8.05. The Morgan fingerprint density at radius 3 is 2.23 bits per heavy atom. The third-order valence-corrected chi connectivity index (χ3v) is 5.45. The van der Waals surface area contributed by atoms with E-state index in [-0.39, 0.29) is 5.56 Å². The molecule has 146 valence electrons. The number of esters is 1. The van der Waals surface area contributed by atoms with Gasteiger partial charge in [0.15, 0.2) is 0 Å². The van der Waals surface area contributed by atoms with Crippen LogP contribution in [0.2, 0.25) is 0 Å². The molecule has 0 unspecified atom stereocenters. The second-order valence-electron chi connectivity index (χ2n) is 7.74. The molecule has 2 rings (SSSR count). The van der Waals surface area contributed by atoms with Crippen molar-refractivity contribution in [2.75, 3.05) is 0 Å². The van der Waals surface area contributed by atoms with Gasteiger partial charge in [-0.3, -0.25) is 0 Å². The van der Waals surface area contributed by atoms with Crippen LogP contribution in [0.1, 0.15) is 99.9 Å². The van der Waals surface area contributed by atoms with E-state index in [1.807, 2.05) is 12.1 Å². The molecule has 0 spiro atoms. The van der Waals surface area contributed by atoms with Crippen molar-refractivity contribution < 1.29 is 18.3 Å². The largest absolute Gasteiger partial charge is 0.397 e. The highest BCUT2D eigenvalue weighted by Gasteiger charge is 2.27. The molecule has 0 amide bonds. The van der Waals surface area contributed by atoms with Gasteiger partial charge < -0.3 is 4.74 Å². The highest BCUT2D eigenvalue weighted by molar-refractivity contribution is 5.89. The summed E-state index contributed by atoms with van der Waals surface area (Å²) in [6.45, 7) is 2.82. The van der Waals surface area contributed by atoms with E-state index in [9.17, 15) is 13.6 Å². The topological polar surface area (TPSA) is 26.3 Å². The normalized spacial score (nSPS) is 20.8. The maximum atomic E-state index is 12.8. The van der Waals surface area contributed by atoms with Crippen LogP contribution < -0.4 is 0 Å². The molecular formula is C22H32F2O2. The molecule has 1 aromatic carbocycles. The number of halogens is 2. The van der Waals surface area contributed by atoms with Crippen molar-refractivity contribution in [1.29, 1.82) is 0 Å². The molecule has 1 saturated carbocycles. The average Bonchev–Trinajstić information content (AvgIpc) is 2.61. The van der Waals surface area contributed by atoms with Gasteiger partial charge in [0.1, 0.15) is 0 Å². The summed E-state index contributed by atoms with van der Waals surface area (Å²) in [5, 5.41) is 0. The monoisotopic (exact) mass is 366 g/mol. The number of benzene rings is 1. The van der Waals surface area contributed by atoms with E-state index in [1.54, 1.807) is 12.1 Å². The van der Waals surface area contributed by atoms with Crippen molar-refractivity contribution in [1.82, 2.24) is 0 Å². The van der Waals surface area contributed by atoms with Crippen LogP contribution in [0.15, 0.2) is 24.3 Å². The second-order valence-corrected chi connectivity index (χ2v) is 7.74. The van der Waals surface area contributed by atoms with Crippen molar-refractivity contribution in [2.24, 2.45) is 5.92 Å². The minimum Gasteiger partial charge on any atom is -0.397 e. The Balaban J connectivity index is 1.76. The smallest absolute Gasteiger partial charge is 0.397 e. The Morgan fingerprint density at radius 1 is 1.04 bits per heavy atom. The van der Waals surface area contributed by atoms with Gasteiger partial charge in [0.05, 0.1) is 5.56 Å². The summed E-state index contributed by atoms with van der Waals surface area (Å²) in [6, 6.07) is 6.98. The maximum Gasteiger partial charge on any atom is 0.397 e. The van der Waals surface area contributed by atoms with Crippen molar-refractivity contribution in [2.45, 2.75) is 90.1 Å². The average molecular weight is 366 g/mol. The molecule has 2 nitrogen and oxygen atoms in total. The van der Waals surface area contributed by atoms with Gasteiger partial charge in [-0.1, -0.05) is 57.6 Å². The zero-order valence-electron chi connectivity index (χ0n) is 16.1. The van der Waals surface area contributed by atoms with E-state index in [0.29, 0.717) is 12.8 Å². The first-order chi connectivity index (χ1) is 12.4. The Bertz CT molecular complexity index is 540. The lowest BCUT2D eigenvalue weighted by molar-refractivity contribution is -0.185. The predicted octanol–water partition coefficient (Wildman–Crippen LogP) is 7.09. The fraction of sp³-hybridized carbons (Fsp3) is 0.682. The SMILES string of the molecule is CCCCCCCC1CCC(c2ccc(C(=O)OC(C)(F)F)cc2)CC1. The van der Waals surface area contributed by atoms with E-state index >= 15 is 0 Å². The number of unbranched alkanes of at least 4 members (excludes halogenated alkanes) is 4. The van der Waals surface area contributed by atoms with E-state index in [2.05, 4.69) is 11.7 Å². The molecule has 0 bridgehead atoms. The van der Waals surface area contributed by atoms with Gasteiger partial charge in [-0.15, -0.1) is 0 Å². The van der Waals surface area contributed by atoms with Gasteiger partial charge >= 0.3 is 12.1 Å². The summed E-state index contributed by atoms with van der Waals surface area (Å²) < 4.78 is 29.7. The number of rotatable bonds is 9. The van der Waals surface area contributed by atoms with Crippen LogP contribution in [0.3, 0.4) is 0 Å². The lowest BCUT2D eigenvalue weighted by atomic mass is 9.77. The molecule has 0 aromatic heterocycles. The minimum atomic E-state index is -3.44. The summed E-state index contributed by atoms with van der Waals surface area (Å²) in [5.41, 5.74) is 1.38. The van der Waals surface area contributed by atoms with Gasteiger partial charge in [-0.2, -0.15) is 8.78 Å². The molecule has 0 radical (unpaired) electrons. The molecule has 1 aliphatic carbocycles. The minimum absolute atomic E-state index is 0.177. The second kappa shape index (κ2) is 10.0. The highest BCUT2D eigenvalue weighted by Crippen LogP contribution is 2.37. The third-order valence-electron chi connectivity index (χ3n) is 5.45. The van der Waals surface area contributed by atoms with Crippen molar-refractivity contribution >= 4 is 5.97 Å². The zero-order chi connectivity index (χ0) is 19.0. The molecule has 0 N–H and O–H groups in total. The fourth-order valence-corrected chi connectivity index (χ4v) is 3.93. The summed E-state index contributed by atoms with van der Waals surface area (Å²) >= 11 is 0. The molecule has 1 aromatic rings. The number of ether oxygens (including phenoxy) is 1. The number of alkyl halides is 2. The molecule has 26 heavy (non-hydrogen) atoms. The summed E-state index contributed by atoms with van der Waals surface area (Å²) in [6.07, 6.45) is 9.54. The number of hydrogen-bond acceptors (Lipinski definition) is 2. The molecule has 1 aliphatic rings. The predicted molar refractivity (Wildman–Crippen MR) is 101 cm³/mol. The highest BCUT2D eigenvalue weighted by atomic mass is 19.3. The molecule has 0 atom stereocenters. The van der Waals surface area contributed by atoms with Crippen molar-refractivity contribution in [3.05, 3.63) is 35.4 Å². The quantitative estimate of drug-likeness (QED) is 0.344. The molecular weight excluding hydrogens is 334 g/mol. The first kappa shape index (κ1) is 20.9. The summed E-state index contributed by atoms with van der Waals surface area (Å²) in [5.74, 6) is 0.397. The van der Waals surface area contributed by atoms with Crippen LogP contribution in [-0.2, 0) is 4.74 Å². The molecule has 4 heteroatoms. The Hall–Kier alpha value is -1.45. The van der Waals surface area contributed by atoms with E-state index in [4.69, 9.17) is 0 Å². The number of carbonyl (C=O) groups excluding carboxylic acids is 1. The standard InChI is InChI=1S/C22H32F2O2/c1-3-4-5-6-7-8-17-9-11-18(12-10-17)19-13-15-20(16-14-19)21(25)26-22(2,23)24/h13-18H,3-12H2,1-2H3. The lowest BCUT2D eigenvalue weighted by Crippen LogP contribution is -2.21. The van der Waals surface area contributed by atoms with E-state index in [1.165, 1.54) is 69.8 Å². The maximum absolute atomic E-state index is 12.8. The van der Waals surface area contributed by atoms with E-state index < -0.39 is 12.1 Å². The molecule has 0 heterocycles. The third kappa shape index (κ3) is 7.05. The van der Waals surface area contributed by atoms with Crippen LogP contribution >= 0.6 is 0 Å². The van der Waals surface area contributed by atoms with E-state index in [0.717, 1.165) is 5.92 Å². The van der Waals surface area contributed by atoms with Gasteiger partial charge in [0.25, 0.3) is 0 Å². The van der Waals surface area contributed by atoms with Crippen molar-refractivity contribution in [3.63, 3.8) is 0 Å². The van der Waals surface area contributed by atoms with Crippen molar-refractivity contribution in [3.8, 4) is 0 Å². The van der Waals surface area contributed by atoms with Gasteiger partial charge in [0.2, 0.25) is 0 Å². The summed E-state index contributed by atoms with van der Waals surface area (Å²) in [4.78, 5) is 11.7.